The van der Waals surface area contributed by atoms with Crippen molar-refractivity contribution in [3.05, 3.63) is 0 Å². The summed E-state index contributed by atoms with van der Waals surface area (Å²) in [6.07, 6.45) is 2.78. The van der Waals surface area contributed by atoms with Crippen molar-refractivity contribution < 1.29 is 14.7 Å². The van der Waals surface area contributed by atoms with Crippen molar-refractivity contribution in [2.75, 3.05) is 6.54 Å². The second kappa shape index (κ2) is 6.26. The molecular formula is C14H26N2O3. The van der Waals surface area contributed by atoms with Crippen LogP contribution in [-0.2, 0) is 4.79 Å². The highest BCUT2D eigenvalue weighted by molar-refractivity contribution is 5.86. The van der Waals surface area contributed by atoms with E-state index < -0.39 is 11.5 Å². The highest BCUT2D eigenvalue weighted by Crippen LogP contribution is 2.39. The predicted octanol–water partition coefficient (Wildman–Crippen LogP) is 2.22. The summed E-state index contributed by atoms with van der Waals surface area (Å²) in [6, 6.07) is -0.382. The molecule has 2 amide bonds. The molecule has 5 nitrogen and oxygen atoms in total. The van der Waals surface area contributed by atoms with Crippen molar-refractivity contribution in [3.8, 4) is 0 Å². The molecule has 2 atom stereocenters. The number of carboxylic acids is 1. The van der Waals surface area contributed by atoms with E-state index in [1.165, 1.54) is 0 Å². The summed E-state index contributed by atoms with van der Waals surface area (Å²) in [5.41, 5.74) is -1.13. The number of rotatable bonds is 7. The Bertz CT molecular complexity index is 340. The molecule has 5 heteroatoms. The lowest BCUT2D eigenvalue weighted by Crippen LogP contribution is -2.57. The number of aliphatic carboxylic acids is 1. The standard InChI is InChI=1S/C14H26N2O3/c1-9(2)7-10(3)8-15-13(19)16-14(4,12(17)18)11-5-6-11/h9-11H,5-8H2,1-4H3,(H,17,18)(H2,15,16,19). The normalized spacial score (nSPS) is 19.6. The van der Waals surface area contributed by atoms with Gasteiger partial charge in [0, 0.05) is 6.54 Å². The van der Waals surface area contributed by atoms with Crippen molar-refractivity contribution in [2.24, 2.45) is 17.8 Å². The fraction of sp³-hybridized carbons (Fsp3) is 0.857. The molecule has 1 aliphatic carbocycles. The van der Waals surface area contributed by atoms with E-state index in [1.807, 2.05) is 0 Å². The molecule has 110 valence electrons. The van der Waals surface area contributed by atoms with Gasteiger partial charge in [0.2, 0.25) is 0 Å². The van der Waals surface area contributed by atoms with Crippen LogP contribution in [0.1, 0.15) is 47.0 Å². The lowest BCUT2D eigenvalue weighted by molar-refractivity contribution is -0.144. The van der Waals surface area contributed by atoms with E-state index in [-0.39, 0.29) is 11.9 Å². The minimum atomic E-state index is -1.13. The lowest BCUT2D eigenvalue weighted by atomic mass is 9.96. The van der Waals surface area contributed by atoms with Crippen molar-refractivity contribution >= 4 is 12.0 Å². The fourth-order valence-corrected chi connectivity index (χ4v) is 2.43. The van der Waals surface area contributed by atoms with Gasteiger partial charge in [-0.2, -0.15) is 0 Å². The molecular weight excluding hydrogens is 244 g/mol. The van der Waals surface area contributed by atoms with Gasteiger partial charge in [-0.25, -0.2) is 9.59 Å². The van der Waals surface area contributed by atoms with Gasteiger partial charge in [0.05, 0.1) is 0 Å². The Morgan fingerprint density at radius 3 is 2.32 bits per heavy atom. The maximum atomic E-state index is 11.8. The molecule has 0 bridgehead atoms. The number of nitrogens with one attached hydrogen (secondary N) is 2. The van der Waals surface area contributed by atoms with Gasteiger partial charge in [-0.1, -0.05) is 20.8 Å². The largest absolute Gasteiger partial charge is 0.480 e. The minimum Gasteiger partial charge on any atom is -0.480 e. The first-order valence-corrected chi connectivity index (χ1v) is 7.05. The van der Waals surface area contributed by atoms with Gasteiger partial charge in [-0.05, 0) is 43.9 Å². The Morgan fingerprint density at radius 2 is 1.89 bits per heavy atom. The molecule has 1 aliphatic rings. The number of hydrogen-bond acceptors (Lipinski definition) is 2. The molecule has 0 aromatic carbocycles. The molecule has 19 heavy (non-hydrogen) atoms. The molecule has 2 unspecified atom stereocenters. The quantitative estimate of drug-likeness (QED) is 0.663. The van der Waals surface area contributed by atoms with Crippen LogP contribution in [0.5, 0.6) is 0 Å². The van der Waals surface area contributed by atoms with Gasteiger partial charge in [0.15, 0.2) is 0 Å². The molecule has 0 heterocycles. The van der Waals surface area contributed by atoms with E-state index in [2.05, 4.69) is 31.4 Å². The maximum absolute atomic E-state index is 11.8. The SMILES string of the molecule is CC(C)CC(C)CNC(=O)NC(C)(C(=O)O)C1CC1. The van der Waals surface area contributed by atoms with Crippen molar-refractivity contribution in [2.45, 2.75) is 52.5 Å². The third-order valence-corrected chi connectivity index (χ3v) is 3.70. The number of hydrogen-bond donors (Lipinski definition) is 3. The summed E-state index contributed by atoms with van der Waals surface area (Å²) >= 11 is 0. The second-order valence-electron chi connectivity index (χ2n) is 6.35. The van der Waals surface area contributed by atoms with Gasteiger partial charge < -0.3 is 15.7 Å². The van der Waals surface area contributed by atoms with E-state index in [4.69, 9.17) is 0 Å². The molecule has 0 radical (unpaired) electrons. The van der Waals surface area contributed by atoms with Crippen LogP contribution in [0.25, 0.3) is 0 Å². The number of carbonyl (C=O) groups excluding carboxylic acids is 1. The lowest BCUT2D eigenvalue weighted by Gasteiger charge is -2.26. The van der Waals surface area contributed by atoms with Crippen LogP contribution in [0.4, 0.5) is 4.79 Å². The van der Waals surface area contributed by atoms with Gasteiger partial charge in [-0.3, -0.25) is 0 Å². The summed E-state index contributed by atoms with van der Waals surface area (Å²) in [4.78, 5) is 23.1. The summed E-state index contributed by atoms with van der Waals surface area (Å²) in [5, 5.41) is 14.6. The van der Waals surface area contributed by atoms with E-state index in [0.29, 0.717) is 18.4 Å². The fourth-order valence-electron chi connectivity index (χ4n) is 2.43. The molecule has 3 N–H and O–H groups in total. The molecule has 1 saturated carbocycles. The van der Waals surface area contributed by atoms with E-state index in [0.717, 1.165) is 19.3 Å². The highest BCUT2D eigenvalue weighted by Gasteiger charge is 2.48. The number of urea groups is 1. The van der Waals surface area contributed by atoms with Crippen molar-refractivity contribution in [1.82, 2.24) is 10.6 Å². The first-order chi connectivity index (χ1) is 8.75. The molecule has 1 rings (SSSR count). The zero-order chi connectivity index (χ0) is 14.6. The monoisotopic (exact) mass is 270 g/mol. The molecule has 0 aromatic rings. The smallest absolute Gasteiger partial charge is 0.329 e. The second-order valence-corrected chi connectivity index (χ2v) is 6.35. The number of carbonyl (C=O) groups is 2. The first kappa shape index (κ1) is 15.8. The van der Waals surface area contributed by atoms with Gasteiger partial charge >= 0.3 is 12.0 Å². The third kappa shape index (κ3) is 4.73. The van der Waals surface area contributed by atoms with Gasteiger partial charge in [-0.15, -0.1) is 0 Å². The Balaban J connectivity index is 2.39. The Morgan fingerprint density at radius 1 is 1.32 bits per heavy atom. The predicted molar refractivity (Wildman–Crippen MR) is 73.9 cm³/mol. The van der Waals surface area contributed by atoms with Crippen molar-refractivity contribution in [3.63, 3.8) is 0 Å². The van der Waals surface area contributed by atoms with Crippen LogP contribution in [-0.4, -0.2) is 29.2 Å². The van der Waals surface area contributed by atoms with Crippen LogP contribution in [0.3, 0.4) is 0 Å². The third-order valence-electron chi connectivity index (χ3n) is 3.70. The molecule has 0 spiro atoms. The van der Waals surface area contributed by atoms with E-state index >= 15 is 0 Å². The minimum absolute atomic E-state index is 0.0591. The summed E-state index contributed by atoms with van der Waals surface area (Å²) in [5.74, 6) is 0.0857. The average molecular weight is 270 g/mol. The zero-order valence-electron chi connectivity index (χ0n) is 12.3. The molecule has 1 fully saturated rings. The maximum Gasteiger partial charge on any atom is 0.329 e. The Labute approximate surface area is 115 Å². The van der Waals surface area contributed by atoms with Crippen molar-refractivity contribution in [1.29, 1.82) is 0 Å². The summed E-state index contributed by atoms with van der Waals surface area (Å²) in [6.45, 7) is 8.53. The van der Waals surface area contributed by atoms with Crippen LogP contribution in [0.2, 0.25) is 0 Å². The first-order valence-electron chi connectivity index (χ1n) is 7.05. The summed E-state index contributed by atoms with van der Waals surface area (Å²) < 4.78 is 0. The Hall–Kier alpha value is -1.26. The number of carboxylic acid groups (broad SMARTS) is 1. The zero-order valence-corrected chi connectivity index (χ0v) is 12.3. The van der Waals surface area contributed by atoms with Gasteiger partial charge in [0.25, 0.3) is 0 Å². The molecule has 0 aliphatic heterocycles. The molecule has 0 aromatic heterocycles. The topological polar surface area (TPSA) is 78.4 Å². The highest BCUT2D eigenvalue weighted by atomic mass is 16.4. The molecule has 0 saturated heterocycles. The van der Waals surface area contributed by atoms with Crippen LogP contribution in [0, 0.1) is 17.8 Å². The van der Waals surface area contributed by atoms with Crippen LogP contribution >= 0.6 is 0 Å². The van der Waals surface area contributed by atoms with E-state index in [1.54, 1.807) is 6.92 Å². The number of amides is 2. The van der Waals surface area contributed by atoms with Gasteiger partial charge in [0.1, 0.15) is 5.54 Å². The van der Waals surface area contributed by atoms with Crippen LogP contribution < -0.4 is 10.6 Å². The average Bonchev–Trinajstić information content (AvgIpc) is 3.08. The summed E-state index contributed by atoms with van der Waals surface area (Å²) in [7, 11) is 0. The van der Waals surface area contributed by atoms with Crippen LogP contribution in [0.15, 0.2) is 0 Å². The Kier molecular flexibility index (Phi) is 5.20. The van der Waals surface area contributed by atoms with E-state index in [9.17, 15) is 14.7 Å².